The van der Waals surface area contributed by atoms with E-state index in [4.69, 9.17) is 0 Å². The highest BCUT2D eigenvalue weighted by Gasteiger charge is 2.14. The number of nitrogens with zero attached hydrogens (tertiary/aromatic N) is 3. The van der Waals surface area contributed by atoms with Gasteiger partial charge in [-0.25, -0.2) is 9.97 Å². The molecule has 1 radical (unpaired) electrons. The SMILES string of the molecule is Cc1ccnc(N2[CH]CCC2)n1. The number of aryl methyl sites for hydroxylation is 1. The Bertz CT molecular complexity index is 266. The maximum atomic E-state index is 4.34. The highest BCUT2D eigenvalue weighted by Crippen LogP contribution is 2.17. The fourth-order valence-corrected chi connectivity index (χ4v) is 1.36. The zero-order valence-corrected chi connectivity index (χ0v) is 7.20. The van der Waals surface area contributed by atoms with E-state index in [-0.39, 0.29) is 0 Å². The van der Waals surface area contributed by atoms with Crippen molar-refractivity contribution in [2.45, 2.75) is 19.8 Å². The topological polar surface area (TPSA) is 29.0 Å². The molecule has 2 heterocycles. The highest BCUT2D eigenvalue weighted by molar-refractivity contribution is 5.34. The lowest BCUT2D eigenvalue weighted by molar-refractivity contribution is 0.914. The van der Waals surface area contributed by atoms with Crippen molar-refractivity contribution in [1.82, 2.24) is 9.97 Å². The van der Waals surface area contributed by atoms with Gasteiger partial charge in [0.15, 0.2) is 0 Å². The molecule has 0 saturated carbocycles. The van der Waals surface area contributed by atoms with Gasteiger partial charge in [-0.3, -0.25) is 0 Å². The first kappa shape index (κ1) is 7.53. The van der Waals surface area contributed by atoms with E-state index in [1.165, 1.54) is 6.42 Å². The normalized spacial score (nSPS) is 16.9. The van der Waals surface area contributed by atoms with E-state index >= 15 is 0 Å². The molecule has 1 aromatic heterocycles. The summed E-state index contributed by atoms with van der Waals surface area (Å²) in [5.74, 6) is 0.840. The van der Waals surface area contributed by atoms with Crippen molar-refractivity contribution in [1.29, 1.82) is 0 Å². The summed E-state index contributed by atoms with van der Waals surface area (Å²) in [6.07, 6.45) is 4.18. The second kappa shape index (κ2) is 3.09. The average Bonchev–Trinajstić information content (AvgIpc) is 2.56. The van der Waals surface area contributed by atoms with Gasteiger partial charge in [-0.15, -0.1) is 0 Å². The molecule has 3 heteroatoms. The molecule has 63 valence electrons. The zero-order chi connectivity index (χ0) is 8.39. The Kier molecular flexibility index (Phi) is 1.94. The van der Waals surface area contributed by atoms with Crippen LogP contribution in [0.2, 0.25) is 0 Å². The van der Waals surface area contributed by atoms with Gasteiger partial charge in [0, 0.05) is 18.4 Å². The van der Waals surface area contributed by atoms with Gasteiger partial charge in [0.1, 0.15) is 0 Å². The molecule has 0 amide bonds. The predicted octanol–water partition coefficient (Wildman–Crippen LogP) is 1.55. The van der Waals surface area contributed by atoms with Crippen LogP contribution in [0.1, 0.15) is 18.5 Å². The van der Waals surface area contributed by atoms with Crippen LogP contribution in [0, 0.1) is 13.5 Å². The van der Waals surface area contributed by atoms with Crippen LogP contribution in [0.25, 0.3) is 0 Å². The van der Waals surface area contributed by atoms with Crippen molar-refractivity contribution in [2.24, 2.45) is 0 Å². The van der Waals surface area contributed by atoms with Crippen molar-refractivity contribution < 1.29 is 0 Å². The van der Waals surface area contributed by atoms with E-state index in [1.807, 2.05) is 19.2 Å². The smallest absolute Gasteiger partial charge is 0.225 e. The van der Waals surface area contributed by atoms with Crippen molar-refractivity contribution in [3.63, 3.8) is 0 Å². The molecule has 1 aliphatic rings. The molecular weight excluding hydrogens is 150 g/mol. The minimum absolute atomic E-state index is 0.840. The molecule has 0 atom stereocenters. The Balaban J connectivity index is 2.21. The van der Waals surface area contributed by atoms with Crippen LogP contribution in [0.4, 0.5) is 5.95 Å². The van der Waals surface area contributed by atoms with Gasteiger partial charge >= 0.3 is 0 Å². The predicted molar refractivity (Wildman–Crippen MR) is 47.6 cm³/mol. The van der Waals surface area contributed by atoms with Gasteiger partial charge in [0.2, 0.25) is 5.95 Å². The van der Waals surface area contributed by atoms with Crippen molar-refractivity contribution >= 4 is 5.95 Å². The zero-order valence-electron chi connectivity index (χ0n) is 7.20. The summed E-state index contributed by atoms with van der Waals surface area (Å²) in [6, 6.07) is 1.92. The average molecular weight is 162 g/mol. The number of rotatable bonds is 1. The molecule has 0 spiro atoms. The first-order chi connectivity index (χ1) is 5.86. The third-order valence-electron chi connectivity index (χ3n) is 1.99. The summed E-state index contributed by atoms with van der Waals surface area (Å²) in [4.78, 5) is 10.7. The van der Waals surface area contributed by atoms with Crippen molar-refractivity contribution in [3.05, 3.63) is 24.5 Å². The Morgan fingerprint density at radius 2 is 2.42 bits per heavy atom. The fourth-order valence-electron chi connectivity index (χ4n) is 1.36. The Morgan fingerprint density at radius 1 is 1.50 bits per heavy atom. The lowest BCUT2D eigenvalue weighted by Crippen LogP contribution is -2.16. The molecule has 0 aliphatic carbocycles. The molecular formula is C9H12N3. The summed E-state index contributed by atoms with van der Waals surface area (Å²) in [5, 5.41) is 0. The van der Waals surface area contributed by atoms with E-state index in [0.717, 1.165) is 24.6 Å². The molecule has 1 fully saturated rings. The quantitative estimate of drug-likeness (QED) is 0.627. The molecule has 2 rings (SSSR count). The van der Waals surface area contributed by atoms with Crippen LogP contribution in [0.3, 0.4) is 0 Å². The van der Waals surface area contributed by atoms with Crippen molar-refractivity contribution in [2.75, 3.05) is 11.4 Å². The number of aromatic nitrogens is 2. The van der Waals surface area contributed by atoms with Crippen LogP contribution < -0.4 is 4.90 Å². The summed E-state index contributed by atoms with van der Waals surface area (Å²) >= 11 is 0. The second-order valence-electron chi connectivity index (χ2n) is 3.02. The van der Waals surface area contributed by atoms with E-state index in [9.17, 15) is 0 Å². The van der Waals surface area contributed by atoms with Crippen LogP contribution >= 0.6 is 0 Å². The number of anilines is 1. The third-order valence-corrected chi connectivity index (χ3v) is 1.99. The maximum absolute atomic E-state index is 4.34. The molecule has 0 aromatic carbocycles. The summed E-state index contributed by atoms with van der Waals surface area (Å²) < 4.78 is 0. The van der Waals surface area contributed by atoms with E-state index in [1.54, 1.807) is 0 Å². The van der Waals surface area contributed by atoms with Gasteiger partial charge in [0.05, 0.1) is 6.54 Å². The molecule has 12 heavy (non-hydrogen) atoms. The molecule has 1 aromatic rings. The van der Waals surface area contributed by atoms with Crippen LogP contribution in [0.15, 0.2) is 12.3 Å². The molecule has 3 nitrogen and oxygen atoms in total. The molecule has 0 bridgehead atoms. The Labute approximate surface area is 72.4 Å². The molecule has 0 N–H and O–H groups in total. The van der Waals surface area contributed by atoms with Gasteiger partial charge in [-0.2, -0.15) is 0 Å². The monoisotopic (exact) mass is 162 g/mol. The van der Waals surface area contributed by atoms with Crippen LogP contribution in [-0.2, 0) is 0 Å². The summed E-state index contributed by atoms with van der Waals surface area (Å²) in [6.45, 7) is 5.21. The minimum Gasteiger partial charge on any atom is -0.336 e. The first-order valence-corrected chi connectivity index (χ1v) is 4.26. The fraction of sp³-hybridized carbons (Fsp3) is 0.444. The van der Waals surface area contributed by atoms with Gasteiger partial charge in [0.25, 0.3) is 0 Å². The van der Waals surface area contributed by atoms with E-state index in [0.29, 0.717) is 0 Å². The number of hydrogen-bond acceptors (Lipinski definition) is 3. The van der Waals surface area contributed by atoms with E-state index in [2.05, 4.69) is 21.4 Å². The standard InChI is InChI=1S/C9H12N3/c1-8-4-5-10-9(11-8)12-6-2-3-7-12/h4-6H,2-3,7H2,1H3. The lowest BCUT2D eigenvalue weighted by Gasteiger charge is -2.13. The Hall–Kier alpha value is -1.12. The second-order valence-corrected chi connectivity index (χ2v) is 3.02. The first-order valence-electron chi connectivity index (χ1n) is 4.26. The van der Waals surface area contributed by atoms with Crippen LogP contribution in [-0.4, -0.2) is 16.5 Å². The third kappa shape index (κ3) is 1.40. The molecule has 0 unspecified atom stereocenters. The summed E-state index contributed by atoms with van der Waals surface area (Å²) in [5.41, 5.74) is 1.03. The van der Waals surface area contributed by atoms with E-state index < -0.39 is 0 Å². The van der Waals surface area contributed by atoms with Crippen molar-refractivity contribution in [3.8, 4) is 0 Å². The largest absolute Gasteiger partial charge is 0.336 e. The summed E-state index contributed by atoms with van der Waals surface area (Å²) in [7, 11) is 0. The molecule has 1 aliphatic heterocycles. The maximum Gasteiger partial charge on any atom is 0.225 e. The van der Waals surface area contributed by atoms with Gasteiger partial charge < -0.3 is 4.90 Å². The van der Waals surface area contributed by atoms with Crippen LogP contribution in [0.5, 0.6) is 0 Å². The van der Waals surface area contributed by atoms with Gasteiger partial charge in [-0.1, -0.05) is 0 Å². The highest BCUT2D eigenvalue weighted by atomic mass is 15.3. The molecule has 1 saturated heterocycles. The number of hydrogen-bond donors (Lipinski definition) is 0. The Morgan fingerprint density at radius 3 is 3.08 bits per heavy atom. The minimum atomic E-state index is 0.840. The lowest BCUT2D eigenvalue weighted by atomic mass is 10.4. The van der Waals surface area contributed by atoms with Gasteiger partial charge in [-0.05, 0) is 25.8 Å².